The van der Waals surface area contributed by atoms with Gasteiger partial charge in [-0.15, -0.1) is 0 Å². The third-order valence-electron chi connectivity index (χ3n) is 4.35. The van der Waals surface area contributed by atoms with E-state index in [0.717, 1.165) is 39.1 Å². The largest absolute Gasteiger partial charge is 0.457 e. The van der Waals surface area contributed by atoms with Crippen LogP contribution in [0, 0.1) is 0 Å². The molecule has 1 heterocycles. The zero-order chi connectivity index (χ0) is 19.6. The monoisotopic (exact) mass is 455 g/mol. The van der Waals surface area contributed by atoms with Crippen molar-refractivity contribution in [1.29, 1.82) is 0 Å². The van der Waals surface area contributed by atoms with Crippen LogP contribution in [0.1, 0.15) is 97.8 Å². The Hall–Kier alpha value is 1.10. The third kappa shape index (κ3) is 11.8. The molecule has 1 aliphatic rings. The Labute approximate surface area is 180 Å². The van der Waals surface area contributed by atoms with E-state index in [9.17, 15) is 0 Å². The molecule has 1 rings (SSSR count). The van der Waals surface area contributed by atoms with Crippen LogP contribution in [0.5, 0.6) is 0 Å². The van der Waals surface area contributed by atoms with Crippen LogP contribution >= 0.6 is 39.4 Å². The standard InChI is InChI=1S/C20H40O3PS3/c1-4-7-10-13-16-21-24(20-19-25-27-26-20,22-17-14-11-8-5-2)23-18-15-12-9-6-3/h19H,4-18H2,1-3H3/q+1. The summed E-state index contributed by atoms with van der Waals surface area (Å²) in [5, 5.41) is 2.19. The molecule has 0 bridgehead atoms. The highest BCUT2D eigenvalue weighted by Crippen LogP contribution is 2.77. The summed E-state index contributed by atoms with van der Waals surface area (Å²) in [7, 11) is 2.90. The van der Waals surface area contributed by atoms with Gasteiger partial charge in [0, 0.05) is 16.2 Å². The van der Waals surface area contributed by atoms with Gasteiger partial charge in [0.1, 0.15) is 0 Å². The van der Waals surface area contributed by atoms with Crippen molar-refractivity contribution in [2.45, 2.75) is 97.8 Å². The first kappa shape index (κ1) is 26.1. The molecule has 7 heteroatoms. The predicted octanol–water partition coefficient (Wildman–Crippen LogP) is 9.38. The van der Waals surface area contributed by atoms with Gasteiger partial charge in [-0.1, -0.05) is 78.6 Å². The highest BCUT2D eigenvalue weighted by molar-refractivity contribution is 9.12. The van der Waals surface area contributed by atoms with Crippen molar-refractivity contribution in [2.75, 3.05) is 19.8 Å². The van der Waals surface area contributed by atoms with Gasteiger partial charge in [0.25, 0.3) is 0 Å². The number of unbranched alkanes of at least 4 members (excludes halogenated alkanes) is 9. The first-order valence-electron chi connectivity index (χ1n) is 10.8. The van der Waals surface area contributed by atoms with Crippen LogP contribution in [0.2, 0.25) is 0 Å². The molecule has 0 amide bonds. The molecule has 0 unspecified atom stereocenters. The quantitative estimate of drug-likeness (QED) is 0.109. The number of hydrogen-bond donors (Lipinski definition) is 0. The Morgan fingerprint density at radius 3 is 1.44 bits per heavy atom. The van der Waals surface area contributed by atoms with Crippen LogP contribution in [-0.4, -0.2) is 19.8 Å². The van der Waals surface area contributed by atoms with Crippen LogP contribution in [0.4, 0.5) is 0 Å². The zero-order valence-electron chi connectivity index (χ0n) is 17.6. The van der Waals surface area contributed by atoms with Gasteiger partial charge in [0.05, 0.1) is 19.8 Å². The minimum Gasteiger partial charge on any atom is -0.173 e. The predicted molar refractivity (Wildman–Crippen MR) is 128 cm³/mol. The number of hydrogen-bond acceptors (Lipinski definition) is 6. The Bertz CT molecular complexity index is 347. The summed E-state index contributed by atoms with van der Waals surface area (Å²) >= 11 is 0. The SMILES string of the molecule is CCCCCCO[P+](OCCCCCC)(OCCCCCC)C1=CSSS1. The molecule has 27 heavy (non-hydrogen) atoms. The first-order chi connectivity index (χ1) is 13.3. The molecule has 0 N–H and O–H groups in total. The normalized spacial score (nSPS) is 14.7. The van der Waals surface area contributed by atoms with E-state index in [1.165, 1.54) is 62.4 Å². The molecule has 0 atom stereocenters. The Kier molecular flexibility index (Phi) is 17.3. The maximum absolute atomic E-state index is 6.42. The van der Waals surface area contributed by atoms with E-state index >= 15 is 0 Å². The van der Waals surface area contributed by atoms with Gasteiger partial charge in [0.15, 0.2) is 0 Å². The van der Waals surface area contributed by atoms with Crippen molar-refractivity contribution in [3.05, 3.63) is 10.1 Å². The van der Waals surface area contributed by atoms with E-state index in [2.05, 4.69) is 26.2 Å². The fourth-order valence-corrected chi connectivity index (χ4v) is 10.9. The van der Waals surface area contributed by atoms with Crippen molar-refractivity contribution in [2.24, 2.45) is 0 Å². The van der Waals surface area contributed by atoms with Gasteiger partial charge < -0.3 is 0 Å². The second kappa shape index (κ2) is 17.9. The van der Waals surface area contributed by atoms with Gasteiger partial charge >= 0.3 is 7.94 Å². The second-order valence-electron chi connectivity index (χ2n) is 6.88. The highest BCUT2D eigenvalue weighted by atomic mass is 33.5. The van der Waals surface area contributed by atoms with E-state index in [1.54, 1.807) is 31.4 Å². The lowest BCUT2D eigenvalue weighted by Crippen LogP contribution is -2.11. The molecule has 0 aromatic heterocycles. The lowest BCUT2D eigenvalue weighted by Gasteiger charge is -2.22. The van der Waals surface area contributed by atoms with Gasteiger partial charge in [0.2, 0.25) is 4.65 Å². The van der Waals surface area contributed by atoms with Gasteiger partial charge in [-0.05, 0) is 39.9 Å². The maximum Gasteiger partial charge on any atom is 0.457 e. The van der Waals surface area contributed by atoms with E-state index < -0.39 is 7.94 Å². The summed E-state index contributed by atoms with van der Waals surface area (Å²) in [6, 6.07) is 0. The molecule has 0 spiro atoms. The molecular weight excluding hydrogens is 415 g/mol. The molecule has 0 radical (unpaired) electrons. The van der Waals surface area contributed by atoms with Crippen molar-refractivity contribution in [3.8, 4) is 0 Å². The fourth-order valence-electron chi connectivity index (χ4n) is 2.69. The Morgan fingerprint density at radius 2 is 1.11 bits per heavy atom. The van der Waals surface area contributed by atoms with E-state index in [0.29, 0.717) is 0 Å². The Balaban J connectivity index is 2.63. The van der Waals surface area contributed by atoms with Crippen LogP contribution in [0.25, 0.3) is 0 Å². The van der Waals surface area contributed by atoms with Crippen LogP contribution < -0.4 is 0 Å². The topological polar surface area (TPSA) is 27.7 Å². The molecular formula is C20H40O3PS3+. The summed E-state index contributed by atoms with van der Waals surface area (Å²) < 4.78 is 20.5. The third-order valence-corrected chi connectivity index (χ3v) is 11.6. The lowest BCUT2D eigenvalue weighted by atomic mass is 10.2. The lowest BCUT2D eigenvalue weighted by molar-refractivity contribution is 0.138. The van der Waals surface area contributed by atoms with Crippen LogP contribution in [0.15, 0.2) is 10.1 Å². The van der Waals surface area contributed by atoms with Crippen LogP contribution in [0.3, 0.4) is 0 Å². The van der Waals surface area contributed by atoms with Gasteiger partial charge in [-0.3, -0.25) is 0 Å². The van der Waals surface area contributed by atoms with Crippen molar-refractivity contribution >= 4 is 39.4 Å². The minimum atomic E-state index is -2.41. The summed E-state index contributed by atoms with van der Waals surface area (Å²) in [6.45, 7) is 8.95. The Morgan fingerprint density at radius 1 is 0.667 bits per heavy atom. The molecule has 0 aromatic rings. The average Bonchev–Trinajstić information content (AvgIpc) is 3.22. The molecule has 0 fully saturated rings. The molecule has 160 valence electrons. The van der Waals surface area contributed by atoms with Crippen molar-refractivity contribution < 1.29 is 13.6 Å². The smallest absolute Gasteiger partial charge is 0.173 e. The van der Waals surface area contributed by atoms with E-state index in [4.69, 9.17) is 13.6 Å². The molecule has 0 aliphatic carbocycles. The fraction of sp³-hybridized carbons (Fsp3) is 0.900. The summed E-state index contributed by atoms with van der Waals surface area (Å²) in [4.78, 5) is 0. The number of rotatable bonds is 19. The zero-order valence-corrected chi connectivity index (χ0v) is 20.9. The summed E-state index contributed by atoms with van der Waals surface area (Å²) in [5.41, 5.74) is 0. The van der Waals surface area contributed by atoms with E-state index in [1.807, 2.05) is 0 Å². The summed E-state index contributed by atoms with van der Waals surface area (Å²) in [6.07, 6.45) is 14.5. The van der Waals surface area contributed by atoms with Gasteiger partial charge in [-0.25, -0.2) is 0 Å². The van der Waals surface area contributed by atoms with Crippen LogP contribution in [-0.2, 0) is 13.6 Å². The van der Waals surface area contributed by atoms with E-state index in [-0.39, 0.29) is 0 Å². The highest BCUT2D eigenvalue weighted by Gasteiger charge is 2.52. The maximum atomic E-state index is 6.42. The molecule has 0 saturated heterocycles. The minimum absolute atomic E-state index is 0.741. The second-order valence-corrected chi connectivity index (χ2v) is 13.3. The average molecular weight is 456 g/mol. The molecule has 0 aromatic carbocycles. The van der Waals surface area contributed by atoms with Crippen molar-refractivity contribution in [1.82, 2.24) is 0 Å². The molecule has 1 aliphatic heterocycles. The van der Waals surface area contributed by atoms with Gasteiger partial charge in [-0.2, -0.15) is 13.6 Å². The summed E-state index contributed by atoms with van der Waals surface area (Å²) in [5.74, 6) is 0. The molecule has 0 saturated carbocycles. The first-order valence-corrected chi connectivity index (χ1v) is 15.9. The molecule has 3 nitrogen and oxygen atoms in total. The van der Waals surface area contributed by atoms with Crippen molar-refractivity contribution in [3.63, 3.8) is 0 Å².